The molecule has 1 N–H and O–H groups in total. The van der Waals surface area contributed by atoms with Crippen LogP contribution in [0.3, 0.4) is 0 Å². The number of hydrogen-bond donors (Lipinski definition) is 1. The third-order valence-electron chi connectivity index (χ3n) is 5.06. The maximum Gasteiger partial charge on any atom is 0.416 e. The molecule has 0 bridgehead atoms. The summed E-state index contributed by atoms with van der Waals surface area (Å²) in [4.78, 5) is 39.5. The van der Waals surface area contributed by atoms with E-state index in [0.29, 0.717) is 0 Å². The fraction of sp³-hybridized carbons (Fsp3) is 0.318. The van der Waals surface area contributed by atoms with Crippen molar-refractivity contribution >= 4 is 17.5 Å². The summed E-state index contributed by atoms with van der Waals surface area (Å²) < 4.78 is 38.8. The number of rotatable bonds is 5. The molecule has 1 saturated heterocycles. The fourth-order valence-corrected chi connectivity index (χ4v) is 3.61. The Kier molecular flexibility index (Phi) is 5.81. The van der Waals surface area contributed by atoms with Crippen molar-refractivity contribution in [3.8, 4) is 0 Å². The van der Waals surface area contributed by atoms with Gasteiger partial charge in [0, 0.05) is 12.1 Å². The number of benzene rings is 2. The smallest absolute Gasteiger partial charge is 0.392 e. The number of aliphatic hydroxyl groups excluding tert-OH is 1. The predicted molar refractivity (Wildman–Crippen MR) is 102 cm³/mol. The first-order chi connectivity index (χ1) is 14.0. The van der Waals surface area contributed by atoms with E-state index in [2.05, 4.69) is 0 Å². The van der Waals surface area contributed by atoms with Crippen LogP contribution in [0.4, 0.5) is 13.2 Å². The lowest BCUT2D eigenvalue weighted by Gasteiger charge is -2.28. The van der Waals surface area contributed by atoms with Crippen LogP contribution < -0.4 is 0 Å². The zero-order chi connectivity index (χ0) is 22.2. The lowest BCUT2D eigenvalue weighted by atomic mass is 9.86. The van der Waals surface area contributed by atoms with Crippen LogP contribution in [-0.4, -0.2) is 40.1 Å². The molecule has 0 aromatic heterocycles. The average Bonchev–Trinajstić information content (AvgIpc) is 2.92. The summed E-state index contributed by atoms with van der Waals surface area (Å²) in [6, 6.07) is 9.36. The summed E-state index contributed by atoms with van der Waals surface area (Å²) in [5, 5.41) is 9.77. The second-order valence-electron chi connectivity index (χ2n) is 7.44. The van der Waals surface area contributed by atoms with Gasteiger partial charge in [-0.05, 0) is 31.5 Å². The Labute approximate surface area is 171 Å². The first-order valence-corrected chi connectivity index (χ1v) is 9.31. The zero-order valence-electron chi connectivity index (χ0n) is 16.3. The highest BCUT2D eigenvalue weighted by molar-refractivity contribution is 6.44. The van der Waals surface area contributed by atoms with Gasteiger partial charge in [0.25, 0.3) is 5.91 Å². The Bertz CT molecular complexity index is 965. The molecule has 1 fully saturated rings. The number of carbonyl (C=O) groups excluding carboxylic acids is 3. The minimum Gasteiger partial charge on any atom is -0.392 e. The Hall–Kier alpha value is -3.00. The van der Waals surface area contributed by atoms with Crippen molar-refractivity contribution in [2.45, 2.75) is 32.2 Å². The maximum atomic E-state index is 13.1. The molecule has 30 heavy (non-hydrogen) atoms. The molecular weight excluding hydrogens is 399 g/mol. The normalized spacial score (nSPS) is 20.5. The topological polar surface area (TPSA) is 74.7 Å². The van der Waals surface area contributed by atoms with Crippen molar-refractivity contribution in [3.63, 3.8) is 0 Å². The highest BCUT2D eigenvalue weighted by Crippen LogP contribution is 2.39. The maximum absolute atomic E-state index is 13.1. The molecule has 1 aliphatic heterocycles. The van der Waals surface area contributed by atoms with E-state index in [9.17, 15) is 32.7 Å². The minimum atomic E-state index is -4.55. The summed E-state index contributed by atoms with van der Waals surface area (Å²) in [6.45, 7) is 3.01. The molecule has 8 heteroatoms. The molecule has 0 spiro atoms. The van der Waals surface area contributed by atoms with E-state index in [0.717, 1.165) is 34.7 Å². The second-order valence-corrected chi connectivity index (χ2v) is 7.44. The molecular formula is C22H20F3NO4. The van der Waals surface area contributed by atoms with Gasteiger partial charge in [0.15, 0.2) is 5.78 Å². The Balaban J connectivity index is 2.06. The number of ketones is 2. The number of Topliss-reactive ketones (excluding diaryl/α,β-unsaturated/α-hetero) is 2. The first kappa shape index (κ1) is 21.7. The Morgan fingerprint density at radius 3 is 2.13 bits per heavy atom. The number of alkyl halides is 3. The molecule has 2 aromatic rings. The highest BCUT2D eigenvalue weighted by Gasteiger charge is 2.51. The van der Waals surface area contributed by atoms with E-state index in [-0.39, 0.29) is 17.7 Å². The zero-order valence-corrected chi connectivity index (χ0v) is 16.3. The average molecular weight is 419 g/mol. The molecule has 1 aliphatic rings. The van der Waals surface area contributed by atoms with Crippen molar-refractivity contribution in [1.82, 2.24) is 4.90 Å². The molecule has 2 aromatic carbocycles. The standard InChI is InChI=1S/C22H20F3NO4/c1-12-3-5-15(6-4-12)19(28)17-18(26(11-13(2)27)21(30)20(17)29)14-7-9-16(10-8-14)22(23,24)25/h3-10,13,17-18,27H,11H2,1-2H3. The van der Waals surface area contributed by atoms with E-state index < -0.39 is 47.3 Å². The number of amides is 1. The first-order valence-electron chi connectivity index (χ1n) is 9.31. The van der Waals surface area contributed by atoms with Crippen LogP contribution in [0.5, 0.6) is 0 Å². The number of nitrogens with zero attached hydrogens (tertiary/aromatic N) is 1. The lowest BCUT2D eigenvalue weighted by molar-refractivity contribution is -0.141. The molecule has 3 atom stereocenters. The van der Waals surface area contributed by atoms with Crippen LogP contribution in [0.2, 0.25) is 0 Å². The minimum absolute atomic E-state index is 0.216. The van der Waals surface area contributed by atoms with Crippen LogP contribution >= 0.6 is 0 Å². The quantitative estimate of drug-likeness (QED) is 0.458. The van der Waals surface area contributed by atoms with Crippen molar-refractivity contribution in [1.29, 1.82) is 0 Å². The number of likely N-dealkylation sites (tertiary alicyclic amines) is 1. The van der Waals surface area contributed by atoms with Crippen molar-refractivity contribution in [2.75, 3.05) is 6.54 Å². The van der Waals surface area contributed by atoms with Gasteiger partial charge >= 0.3 is 6.18 Å². The van der Waals surface area contributed by atoms with Crippen molar-refractivity contribution in [2.24, 2.45) is 5.92 Å². The van der Waals surface area contributed by atoms with Crippen LogP contribution in [0.15, 0.2) is 48.5 Å². The number of carbonyl (C=O) groups is 3. The molecule has 1 amide bonds. The molecule has 0 saturated carbocycles. The van der Waals surface area contributed by atoms with Gasteiger partial charge < -0.3 is 10.0 Å². The van der Waals surface area contributed by atoms with E-state index >= 15 is 0 Å². The van der Waals surface area contributed by atoms with Crippen molar-refractivity contribution < 1.29 is 32.7 Å². The van der Waals surface area contributed by atoms with Gasteiger partial charge in [-0.1, -0.05) is 42.0 Å². The van der Waals surface area contributed by atoms with Crippen molar-refractivity contribution in [3.05, 3.63) is 70.8 Å². The molecule has 5 nitrogen and oxygen atoms in total. The summed E-state index contributed by atoms with van der Waals surface area (Å²) in [5.41, 5.74) is 0.455. The summed E-state index contributed by atoms with van der Waals surface area (Å²) >= 11 is 0. The summed E-state index contributed by atoms with van der Waals surface area (Å²) in [5.74, 6) is -3.88. The Morgan fingerprint density at radius 1 is 1.07 bits per heavy atom. The van der Waals surface area contributed by atoms with E-state index in [4.69, 9.17) is 0 Å². The van der Waals surface area contributed by atoms with Gasteiger partial charge in [-0.3, -0.25) is 14.4 Å². The number of aliphatic hydroxyl groups is 1. The van der Waals surface area contributed by atoms with Crippen LogP contribution in [0.25, 0.3) is 0 Å². The number of halogens is 3. The van der Waals surface area contributed by atoms with E-state index in [1.165, 1.54) is 19.1 Å². The fourth-order valence-electron chi connectivity index (χ4n) is 3.61. The monoisotopic (exact) mass is 419 g/mol. The number of hydrogen-bond acceptors (Lipinski definition) is 4. The summed E-state index contributed by atoms with van der Waals surface area (Å²) in [7, 11) is 0. The predicted octanol–water partition coefficient (Wildman–Crippen LogP) is 3.35. The van der Waals surface area contributed by atoms with Gasteiger partial charge in [0.05, 0.1) is 17.7 Å². The molecule has 1 heterocycles. The molecule has 0 aliphatic carbocycles. The second kappa shape index (κ2) is 8.02. The highest BCUT2D eigenvalue weighted by atomic mass is 19.4. The molecule has 158 valence electrons. The molecule has 3 rings (SSSR count). The third kappa shape index (κ3) is 4.14. The van der Waals surface area contributed by atoms with Crippen LogP contribution in [-0.2, 0) is 15.8 Å². The van der Waals surface area contributed by atoms with Gasteiger partial charge in [-0.15, -0.1) is 0 Å². The Morgan fingerprint density at radius 2 is 1.63 bits per heavy atom. The van der Waals surface area contributed by atoms with Crippen LogP contribution in [0, 0.1) is 12.8 Å². The molecule has 0 radical (unpaired) electrons. The largest absolute Gasteiger partial charge is 0.416 e. The van der Waals surface area contributed by atoms with E-state index in [1.807, 2.05) is 6.92 Å². The van der Waals surface area contributed by atoms with Gasteiger partial charge in [-0.25, -0.2) is 0 Å². The number of aryl methyl sites for hydroxylation is 1. The molecule has 3 unspecified atom stereocenters. The van der Waals surface area contributed by atoms with Crippen LogP contribution in [0.1, 0.15) is 40.0 Å². The van der Waals surface area contributed by atoms with Gasteiger partial charge in [-0.2, -0.15) is 13.2 Å². The van der Waals surface area contributed by atoms with Gasteiger partial charge in [0.1, 0.15) is 5.92 Å². The van der Waals surface area contributed by atoms with Gasteiger partial charge in [0.2, 0.25) is 5.78 Å². The number of β-amino-alcohol motifs (C(OH)–C–C–N with tert-alkyl or cyclic N) is 1. The third-order valence-corrected chi connectivity index (χ3v) is 5.06. The lowest BCUT2D eigenvalue weighted by Crippen LogP contribution is -2.36. The van der Waals surface area contributed by atoms with E-state index in [1.54, 1.807) is 12.1 Å². The SMILES string of the molecule is Cc1ccc(C(=O)C2C(=O)C(=O)N(CC(C)O)C2c2ccc(C(F)(F)F)cc2)cc1. The summed E-state index contributed by atoms with van der Waals surface area (Å²) in [6.07, 6.45) is -5.54.